The molecule has 0 aromatic carbocycles. The van der Waals surface area contributed by atoms with E-state index in [0.717, 1.165) is 34.0 Å². The third-order valence-corrected chi connectivity index (χ3v) is 3.79. The van der Waals surface area contributed by atoms with Gasteiger partial charge >= 0.3 is 0 Å². The van der Waals surface area contributed by atoms with Gasteiger partial charge in [0.15, 0.2) is 0 Å². The normalized spacial score (nSPS) is 10.8. The third-order valence-electron chi connectivity index (χ3n) is 3.79. The molecular formula is C21H16N6. The van der Waals surface area contributed by atoms with Crippen molar-refractivity contribution in [3.05, 3.63) is 91.0 Å². The second-order valence-electron chi connectivity index (χ2n) is 5.71. The molecule has 0 saturated carbocycles. The third kappa shape index (κ3) is 4.19. The first-order chi connectivity index (χ1) is 13.4. The maximum Gasteiger partial charge on any atom is 0.0915 e. The molecule has 0 bridgehead atoms. The quantitative estimate of drug-likeness (QED) is 0.433. The molecule has 6 nitrogen and oxygen atoms in total. The maximum absolute atomic E-state index is 4.72. The van der Waals surface area contributed by atoms with Gasteiger partial charge in [0.2, 0.25) is 0 Å². The first kappa shape index (κ1) is 16.5. The van der Waals surface area contributed by atoms with Gasteiger partial charge in [0.25, 0.3) is 0 Å². The van der Waals surface area contributed by atoms with E-state index in [9.17, 15) is 0 Å². The summed E-state index contributed by atoms with van der Waals surface area (Å²) in [5.74, 6) is 0. The predicted molar refractivity (Wildman–Crippen MR) is 106 cm³/mol. The van der Waals surface area contributed by atoms with Crippen LogP contribution in [-0.2, 0) is 0 Å². The number of nitrogens with zero attached hydrogens (tertiary/aromatic N) is 5. The van der Waals surface area contributed by atoms with Gasteiger partial charge in [0, 0.05) is 24.8 Å². The lowest BCUT2D eigenvalue weighted by atomic mass is 10.1. The lowest BCUT2D eigenvalue weighted by Crippen LogP contribution is -1.97. The number of anilines is 1. The molecule has 4 rings (SSSR count). The Morgan fingerprint density at radius 2 is 1.33 bits per heavy atom. The van der Waals surface area contributed by atoms with Gasteiger partial charge in [-0.05, 0) is 54.1 Å². The molecule has 0 atom stereocenters. The zero-order chi connectivity index (χ0) is 18.3. The number of rotatable bonds is 5. The zero-order valence-corrected chi connectivity index (χ0v) is 14.4. The van der Waals surface area contributed by atoms with Crippen molar-refractivity contribution in [1.82, 2.24) is 19.9 Å². The molecule has 0 aliphatic rings. The van der Waals surface area contributed by atoms with Gasteiger partial charge < -0.3 is 0 Å². The van der Waals surface area contributed by atoms with Crippen LogP contribution in [0.2, 0.25) is 0 Å². The SMILES string of the molecule is C(=N\Nc1cc(-c2ccccn2)nc(-c2ccccn2)c1)/c1ccncc1. The summed E-state index contributed by atoms with van der Waals surface area (Å²) in [5, 5.41) is 4.31. The van der Waals surface area contributed by atoms with Crippen LogP contribution in [0.5, 0.6) is 0 Å². The van der Waals surface area contributed by atoms with Crippen molar-refractivity contribution >= 4 is 11.9 Å². The van der Waals surface area contributed by atoms with Gasteiger partial charge in [-0.3, -0.25) is 20.4 Å². The van der Waals surface area contributed by atoms with E-state index in [-0.39, 0.29) is 0 Å². The minimum Gasteiger partial charge on any atom is -0.278 e. The van der Waals surface area contributed by atoms with E-state index in [1.54, 1.807) is 31.0 Å². The van der Waals surface area contributed by atoms with Gasteiger partial charge in [0.05, 0.1) is 34.7 Å². The number of hydrogen-bond donors (Lipinski definition) is 1. The second kappa shape index (κ2) is 7.97. The fraction of sp³-hybridized carbons (Fsp3) is 0. The van der Waals surface area contributed by atoms with E-state index >= 15 is 0 Å². The fourth-order valence-corrected chi connectivity index (χ4v) is 2.52. The number of aromatic nitrogens is 4. The van der Waals surface area contributed by atoms with Gasteiger partial charge in [-0.1, -0.05) is 12.1 Å². The van der Waals surface area contributed by atoms with Crippen LogP contribution in [0, 0.1) is 0 Å². The molecule has 0 spiro atoms. The molecule has 4 aromatic heterocycles. The topological polar surface area (TPSA) is 76.0 Å². The fourth-order valence-electron chi connectivity index (χ4n) is 2.52. The molecule has 0 unspecified atom stereocenters. The number of pyridine rings is 4. The van der Waals surface area contributed by atoms with Gasteiger partial charge in [-0.15, -0.1) is 0 Å². The summed E-state index contributed by atoms with van der Waals surface area (Å²) < 4.78 is 0. The van der Waals surface area contributed by atoms with E-state index in [0.29, 0.717) is 0 Å². The van der Waals surface area contributed by atoms with Crippen molar-refractivity contribution in [1.29, 1.82) is 0 Å². The van der Waals surface area contributed by atoms with Crippen LogP contribution in [0.25, 0.3) is 22.8 Å². The highest BCUT2D eigenvalue weighted by atomic mass is 15.3. The maximum atomic E-state index is 4.72. The van der Waals surface area contributed by atoms with E-state index in [4.69, 9.17) is 4.98 Å². The molecule has 4 heterocycles. The molecule has 6 heteroatoms. The average molecular weight is 352 g/mol. The lowest BCUT2D eigenvalue weighted by molar-refractivity contribution is 1.21. The average Bonchev–Trinajstić information content (AvgIpc) is 2.76. The predicted octanol–water partition coefficient (Wildman–Crippen LogP) is 4.05. The van der Waals surface area contributed by atoms with Crippen LogP contribution in [0.15, 0.2) is 90.6 Å². The molecule has 0 radical (unpaired) electrons. The molecule has 130 valence electrons. The van der Waals surface area contributed by atoms with Crippen LogP contribution in [0.3, 0.4) is 0 Å². The van der Waals surface area contributed by atoms with Crippen molar-refractivity contribution in [2.24, 2.45) is 5.10 Å². The minimum absolute atomic E-state index is 0.750. The summed E-state index contributed by atoms with van der Waals surface area (Å²) in [4.78, 5) is 17.5. The highest BCUT2D eigenvalue weighted by Gasteiger charge is 2.08. The largest absolute Gasteiger partial charge is 0.278 e. The van der Waals surface area contributed by atoms with Crippen molar-refractivity contribution in [3.63, 3.8) is 0 Å². The van der Waals surface area contributed by atoms with Crippen molar-refractivity contribution in [2.75, 3.05) is 5.43 Å². The molecule has 0 aliphatic carbocycles. The summed E-state index contributed by atoms with van der Waals surface area (Å²) in [6.45, 7) is 0. The smallest absolute Gasteiger partial charge is 0.0915 e. The first-order valence-corrected chi connectivity index (χ1v) is 8.42. The van der Waals surface area contributed by atoms with Crippen molar-refractivity contribution in [2.45, 2.75) is 0 Å². The summed E-state index contributed by atoms with van der Waals surface area (Å²) >= 11 is 0. The summed E-state index contributed by atoms with van der Waals surface area (Å²) in [6.07, 6.45) is 8.69. The molecule has 0 aliphatic heterocycles. The van der Waals surface area contributed by atoms with Crippen LogP contribution in [-0.4, -0.2) is 26.2 Å². The molecule has 0 saturated heterocycles. The first-order valence-electron chi connectivity index (χ1n) is 8.42. The summed E-state index contributed by atoms with van der Waals surface area (Å²) in [7, 11) is 0. The molecule has 1 N–H and O–H groups in total. The molecular weight excluding hydrogens is 336 g/mol. The van der Waals surface area contributed by atoms with Crippen LogP contribution >= 0.6 is 0 Å². The van der Waals surface area contributed by atoms with Crippen molar-refractivity contribution in [3.8, 4) is 22.8 Å². The Balaban J connectivity index is 1.69. The zero-order valence-electron chi connectivity index (χ0n) is 14.4. The Hall–Kier alpha value is -3.93. The number of nitrogens with one attached hydrogen (secondary N) is 1. The highest BCUT2D eigenvalue weighted by molar-refractivity contribution is 5.80. The van der Waals surface area contributed by atoms with Crippen molar-refractivity contribution < 1.29 is 0 Å². The Morgan fingerprint density at radius 3 is 1.89 bits per heavy atom. The van der Waals surface area contributed by atoms with Gasteiger partial charge in [-0.2, -0.15) is 5.10 Å². The summed E-state index contributed by atoms with van der Waals surface area (Å²) in [5.41, 5.74) is 7.91. The monoisotopic (exact) mass is 352 g/mol. The Bertz CT molecular complexity index is 976. The minimum atomic E-state index is 0.750. The number of hydrazone groups is 1. The Labute approximate surface area is 156 Å². The summed E-state index contributed by atoms with van der Waals surface area (Å²) in [6, 6.07) is 19.1. The molecule has 27 heavy (non-hydrogen) atoms. The van der Waals surface area contributed by atoms with E-state index < -0.39 is 0 Å². The second-order valence-corrected chi connectivity index (χ2v) is 5.71. The Kier molecular flexibility index (Phi) is 4.88. The van der Waals surface area contributed by atoms with Gasteiger partial charge in [0.1, 0.15) is 0 Å². The standard InChI is InChI=1S/C21H16N6/c1-3-9-23-18(5-1)20-13-17(27-25-15-16-7-11-22-12-8-16)14-21(26-20)19-6-2-4-10-24-19/h1-15H,(H,26,27)/b25-15+. The van der Waals surface area contributed by atoms with E-state index in [1.165, 1.54) is 0 Å². The van der Waals surface area contributed by atoms with Gasteiger partial charge in [-0.25, -0.2) is 4.98 Å². The highest BCUT2D eigenvalue weighted by Crippen LogP contribution is 2.25. The van der Waals surface area contributed by atoms with Crippen LogP contribution < -0.4 is 5.43 Å². The molecule has 0 amide bonds. The number of hydrogen-bond acceptors (Lipinski definition) is 6. The van der Waals surface area contributed by atoms with Crippen LogP contribution in [0.4, 0.5) is 5.69 Å². The molecule has 4 aromatic rings. The van der Waals surface area contributed by atoms with Crippen LogP contribution in [0.1, 0.15) is 5.56 Å². The molecule has 0 fully saturated rings. The Morgan fingerprint density at radius 1 is 0.704 bits per heavy atom. The van der Waals surface area contributed by atoms with E-state index in [2.05, 4.69) is 25.5 Å². The van der Waals surface area contributed by atoms with E-state index in [1.807, 2.05) is 60.7 Å². The lowest BCUT2D eigenvalue weighted by Gasteiger charge is -2.08.